The molecule has 1 atom stereocenters. The first kappa shape index (κ1) is 25.8. The Hall–Kier alpha value is -3.26. The highest BCUT2D eigenvalue weighted by atomic mass is 32.1. The lowest BCUT2D eigenvalue weighted by atomic mass is 9.85. The quantitative estimate of drug-likeness (QED) is 0.475. The standard InChI is InChI=1S/C28H32FN3O3S/c1-17(2)30-26(33)23-16-36-24(31-23)15-35-21-10-9-18-11-12-32(27(34)28(3,4)5)25(22(18)14-21)19-7-6-8-20(29)13-19/h6-10,13-14,16-17,25H,11-12,15H2,1-5H3,(H,30,33). The van der Waals surface area contributed by atoms with Gasteiger partial charge in [-0.05, 0) is 61.2 Å². The maximum absolute atomic E-state index is 14.2. The molecule has 190 valence electrons. The molecule has 8 heteroatoms. The minimum absolute atomic E-state index is 0.0173. The van der Waals surface area contributed by atoms with Gasteiger partial charge in [0, 0.05) is 23.4 Å². The molecule has 4 rings (SSSR count). The summed E-state index contributed by atoms with van der Waals surface area (Å²) in [5, 5.41) is 5.24. The minimum atomic E-state index is -0.568. The van der Waals surface area contributed by atoms with E-state index in [2.05, 4.69) is 10.3 Å². The van der Waals surface area contributed by atoms with Gasteiger partial charge in [-0.1, -0.05) is 39.0 Å². The minimum Gasteiger partial charge on any atom is -0.486 e. The van der Waals surface area contributed by atoms with Crippen LogP contribution in [0.5, 0.6) is 5.75 Å². The number of fused-ring (bicyclic) bond motifs is 1. The Bertz CT molecular complexity index is 1260. The largest absolute Gasteiger partial charge is 0.486 e. The van der Waals surface area contributed by atoms with Gasteiger partial charge in [0.1, 0.15) is 28.9 Å². The van der Waals surface area contributed by atoms with Crippen molar-refractivity contribution in [2.45, 2.75) is 59.7 Å². The maximum Gasteiger partial charge on any atom is 0.270 e. The Morgan fingerprint density at radius 1 is 1.22 bits per heavy atom. The van der Waals surface area contributed by atoms with E-state index >= 15 is 0 Å². The number of nitrogens with one attached hydrogen (secondary N) is 1. The molecule has 1 aromatic heterocycles. The third-order valence-electron chi connectivity index (χ3n) is 5.98. The van der Waals surface area contributed by atoms with Crippen LogP contribution in [0.25, 0.3) is 0 Å². The van der Waals surface area contributed by atoms with Crippen molar-refractivity contribution in [3.05, 3.63) is 81.1 Å². The third kappa shape index (κ3) is 5.75. The lowest BCUT2D eigenvalue weighted by Gasteiger charge is -2.41. The van der Waals surface area contributed by atoms with Crippen molar-refractivity contribution in [3.8, 4) is 5.75 Å². The molecule has 1 aliphatic rings. The van der Waals surface area contributed by atoms with E-state index in [1.165, 1.54) is 23.5 Å². The topological polar surface area (TPSA) is 71.5 Å². The van der Waals surface area contributed by atoms with Crippen molar-refractivity contribution in [3.63, 3.8) is 0 Å². The SMILES string of the molecule is CC(C)NC(=O)c1csc(COc2ccc3c(c2)C(c2cccc(F)c2)N(C(=O)C(C)(C)C)CC3)n1. The fourth-order valence-corrected chi connectivity index (χ4v) is 5.02. The van der Waals surface area contributed by atoms with E-state index in [-0.39, 0.29) is 30.3 Å². The molecule has 0 spiro atoms. The normalized spacial score (nSPS) is 15.5. The molecule has 0 bridgehead atoms. The molecule has 1 unspecified atom stereocenters. The maximum atomic E-state index is 14.2. The van der Waals surface area contributed by atoms with Gasteiger partial charge in [-0.2, -0.15) is 0 Å². The van der Waals surface area contributed by atoms with E-state index in [1.807, 2.05) is 63.8 Å². The second kappa shape index (κ2) is 10.4. The van der Waals surface area contributed by atoms with E-state index < -0.39 is 11.5 Å². The number of aromatic nitrogens is 1. The predicted octanol–water partition coefficient (Wildman–Crippen LogP) is 5.52. The van der Waals surface area contributed by atoms with Gasteiger partial charge in [0.25, 0.3) is 5.91 Å². The summed E-state index contributed by atoms with van der Waals surface area (Å²) >= 11 is 1.37. The molecular weight excluding hydrogens is 477 g/mol. The number of nitrogens with zero attached hydrogens (tertiary/aromatic N) is 2. The van der Waals surface area contributed by atoms with Crippen LogP contribution in [-0.4, -0.2) is 34.3 Å². The van der Waals surface area contributed by atoms with Crippen molar-refractivity contribution < 1.29 is 18.7 Å². The van der Waals surface area contributed by atoms with Gasteiger partial charge in [-0.3, -0.25) is 9.59 Å². The number of ether oxygens (including phenoxy) is 1. The summed E-state index contributed by atoms with van der Waals surface area (Å²) in [6.07, 6.45) is 0.712. The zero-order valence-electron chi connectivity index (χ0n) is 21.3. The molecule has 0 fully saturated rings. The number of halogens is 1. The summed E-state index contributed by atoms with van der Waals surface area (Å²) < 4.78 is 20.3. The van der Waals surface area contributed by atoms with Crippen LogP contribution in [0.2, 0.25) is 0 Å². The second-order valence-corrected chi connectivity index (χ2v) is 11.3. The smallest absolute Gasteiger partial charge is 0.270 e. The van der Waals surface area contributed by atoms with E-state index in [9.17, 15) is 14.0 Å². The molecule has 2 heterocycles. The van der Waals surface area contributed by atoms with Crippen LogP contribution in [0.3, 0.4) is 0 Å². The molecular formula is C28H32FN3O3S. The fraction of sp³-hybridized carbons (Fsp3) is 0.393. The van der Waals surface area contributed by atoms with Crippen molar-refractivity contribution >= 4 is 23.2 Å². The van der Waals surface area contributed by atoms with Gasteiger partial charge in [0.15, 0.2) is 0 Å². The highest BCUT2D eigenvalue weighted by Crippen LogP contribution is 2.39. The molecule has 0 saturated carbocycles. The number of benzene rings is 2. The summed E-state index contributed by atoms with van der Waals surface area (Å²) in [5.41, 5.74) is 2.57. The number of thiazole rings is 1. The number of amides is 2. The Morgan fingerprint density at radius 2 is 2.00 bits per heavy atom. The van der Waals surface area contributed by atoms with Gasteiger partial charge in [-0.25, -0.2) is 9.37 Å². The van der Waals surface area contributed by atoms with Crippen LogP contribution in [-0.2, 0) is 17.8 Å². The molecule has 2 amide bonds. The number of hydrogen-bond donors (Lipinski definition) is 1. The summed E-state index contributed by atoms with van der Waals surface area (Å²) in [5.74, 6) is 0.103. The van der Waals surface area contributed by atoms with Crippen molar-refractivity contribution in [2.75, 3.05) is 6.54 Å². The number of rotatable bonds is 6. The molecule has 0 saturated heterocycles. The molecule has 0 radical (unpaired) electrons. The average Bonchev–Trinajstić information content (AvgIpc) is 3.29. The van der Waals surface area contributed by atoms with E-state index in [1.54, 1.807) is 11.4 Å². The van der Waals surface area contributed by atoms with E-state index in [0.29, 0.717) is 29.4 Å². The van der Waals surface area contributed by atoms with E-state index in [0.717, 1.165) is 16.7 Å². The zero-order chi connectivity index (χ0) is 26.0. The fourth-order valence-electron chi connectivity index (χ4n) is 4.33. The second-order valence-electron chi connectivity index (χ2n) is 10.4. The predicted molar refractivity (Wildman–Crippen MR) is 139 cm³/mol. The Balaban J connectivity index is 1.61. The first-order valence-electron chi connectivity index (χ1n) is 12.1. The van der Waals surface area contributed by atoms with Crippen molar-refractivity contribution in [2.24, 2.45) is 5.41 Å². The number of hydrogen-bond acceptors (Lipinski definition) is 5. The molecule has 6 nitrogen and oxygen atoms in total. The highest BCUT2D eigenvalue weighted by Gasteiger charge is 2.37. The lowest BCUT2D eigenvalue weighted by molar-refractivity contribution is -0.141. The van der Waals surface area contributed by atoms with Gasteiger partial charge in [0.2, 0.25) is 5.91 Å². The van der Waals surface area contributed by atoms with Gasteiger partial charge in [-0.15, -0.1) is 11.3 Å². The van der Waals surface area contributed by atoms with Crippen LogP contribution in [0.15, 0.2) is 47.8 Å². The summed E-state index contributed by atoms with van der Waals surface area (Å²) in [7, 11) is 0. The molecule has 0 aliphatic carbocycles. The van der Waals surface area contributed by atoms with Crippen LogP contribution in [0.4, 0.5) is 4.39 Å². The zero-order valence-corrected chi connectivity index (χ0v) is 22.1. The summed E-state index contributed by atoms with van der Waals surface area (Å²) in [6.45, 7) is 10.3. The lowest BCUT2D eigenvalue weighted by Crippen LogP contribution is -2.45. The van der Waals surface area contributed by atoms with Crippen LogP contribution >= 0.6 is 11.3 Å². The molecule has 1 N–H and O–H groups in total. The van der Waals surface area contributed by atoms with Gasteiger partial charge in [0.05, 0.1) is 6.04 Å². The first-order chi connectivity index (χ1) is 17.0. The van der Waals surface area contributed by atoms with Gasteiger partial charge >= 0.3 is 0 Å². The molecule has 3 aromatic rings. The molecule has 36 heavy (non-hydrogen) atoms. The van der Waals surface area contributed by atoms with Crippen molar-refractivity contribution in [1.29, 1.82) is 0 Å². The average molecular weight is 510 g/mol. The summed E-state index contributed by atoms with van der Waals surface area (Å²) in [6, 6.07) is 11.9. The van der Waals surface area contributed by atoms with Crippen LogP contribution < -0.4 is 10.1 Å². The highest BCUT2D eigenvalue weighted by molar-refractivity contribution is 7.09. The van der Waals surface area contributed by atoms with E-state index in [4.69, 9.17) is 4.74 Å². The Morgan fingerprint density at radius 3 is 2.69 bits per heavy atom. The molecule has 1 aliphatic heterocycles. The monoisotopic (exact) mass is 509 g/mol. The van der Waals surface area contributed by atoms with Crippen LogP contribution in [0.1, 0.15) is 72.8 Å². The number of carbonyl (C=O) groups excluding carboxylic acids is 2. The first-order valence-corrected chi connectivity index (χ1v) is 13.0. The van der Waals surface area contributed by atoms with Gasteiger partial charge < -0.3 is 15.0 Å². The molecule has 2 aromatic carbocycles. The van der Waals surface area contributed by atoms with Crippen molar-refractivity contribution in [1.82, 2.24) is 15.2 Å². The Labute approximate surface area is 215 Å². The Kier molecular flexibility index (Phi) is 7.45. The van der Waals surface area contributed by atoms with Crippen LogP contribution in [0, 0.1) is 11.2 Å². The number of carbonyl (C=O) groups is 2. The third-order valence-corrected chi connectivity index (χ3v) is 6.80. The summed E-state index contributed by atoms with van der Waals surface area (Å²) in [4.78, 5) is 31.8.